The van der Waals surface area contributed by atoms with Crippen LogP contribution in [0.1, 0.15) is 36.7 Å². The van der Waals surface area contributed by atoms with Gasteiger partial charge in [0.2, 0.25) is 0 Å². The second-order valence-corrected chi connectivity index (χ2v) is 6.33. The molecule has 0 unspecified atom stereocenters. The maximum Gasteiger partial charge on any atom is 0.194 e. The number of benzene rings is 1. The number of nitrogens with one attached hydrogen (secondary N) is 1. The van der Waals surface area contributed by atoms with Crippen molar-refractivity contribution in [3.63, 3.8) is 0 Å². The Labute approximate surface area is 144 Å². The molecule has 128 valence electrons. The third kappa shape index (κ3) is 3.61. The fourth-order valence-electron chi connectivity index (χ4n) is 3.24. The second kappa shape index (κ2) is 7.51. The molecule has 0 atom stereocenters. The lowest BCUT2D eigenvalue weighted by molar-refractivity contribution is 0.493. The van der Waals surface area contributed by atoms with Gasteiger partial charge in [-0.2, -0.15) is 5.10 Å². The number of rotatable bonds is 4. The molecule has 3 rings (SSSR count). The van der Waals surface area contributed by atoms with Crippen molar-refractivity contribution in [2.24, 2.45) is 4.99 Å². The first-order chi connectivity index (χ1) is 11.7. The Morgan fingerprint density at radius 1 is 1.21 bits per heavy atom. The first-order valence-electron chi connectivity index (χ1n) is 8.84. The quantitative estimate of drug-likeness (QED) is 0.694. The first-order valence-corrected chi connectivity index (χ1v) is 8.84. The zero-order valence-corrected chi connectivity index (χ0v) is 14.9. The number of para-hydroxylation sites is 1. The number of hydrogen-bond donors (Lipinski definition) is 1. The van der Waals surface area contributed by atoms with Crippen LogP contribution in [0.3, 0.4) is 0 Å². The van der Waals surface area contributed by atoms with Gasteiger partial charge in [0.25, 0.3) is 0 Å². The van der Waals surface area contributed by atoms with Crippen molar-refractivity contribution in [1.82, 2.24) is 20.0 Å². The van der Waals surface area contributed by atoms with Gasteiger partial charge in [-0.15, -0.1) is 0 Å². The van der Waals surface area contributed by atoms with Crippen molar-refractivity contribution in [2.75, 3.05) is 19.6 Å². The zero-order valence-electron chi connectivity index (χ0n) is 14.9. The van der Waals surface area contributed by atoms with Gasteiger partial charge in [-0.1, -0.05) is 18.2 Å². The highest BCUT2D eigenvalue weighted by Crippen LogP contribution is 2.18. The summed E-state index contributed by atoms with van der Waals surface area (Å²) in [6, 6.07) is 10.5. The van der Waals surface area contributed by atoms with Crippen LogP contribution in [-0.2, 0) is 6.54 Å². The Morgan fingerprint density at radius 3 is 2.62 bits per heavy atom. The van der Waals surface area contributed by atoms with Crippen molar-refractivity contribution in [3.05, 3.63) is 47.3 Å². The predicted molar refractivity (Wildman–Crippen MR) is 98.7 cm³/mol. The number of likely N-dealkylation sites (tertiary alicyclic amines) is 1. The number of hydrogen-bond acceptors (Lipinski definition) is 2. The van der Waals surface area contributed by atoms with Gasteiger partial charge in [0.05, 0.1) is 17.9 Å². The van der Waals surface area contributed by atoms with Gasteiger partial charge in [-0.3, -0.25) is 0 Å². The van der Waals surface area contributed by atoms with E-state index in [9.17, 15) is 0 Å². The molecule has 5 heteroatoms. The van der Waals surface area contributed by atoms with Gasteiger partial charge < -0.3 is 10.2 Å². The van der Waals surface area contributed by atoms with E-state index in [0.717, 1.165) is 42.7 Å². The largest absolute Gasteiger partial charge is 0.357 e. The van der Waals surface area contributed by atoms with Crippen molar-refractivity contribution in [2.45, 2.75) is 40.2 Å². The lowest BCUT2D eigenvalue weighted by Crippen LogP contribution is -2.39. The van der Waals surface area contributed by atoms with Crippen LogP contribution in [0.25, 0.3) is 5.69 Å². The molecule has 1 saturated heterocycles. The summed E-state index contributed by atoms with van der Waals surface area (Å²) in [5, 5.41) is 8.05. The third-order valence-electron chi connectivity index (χ3n) is 4.37. The zero-order chi connectivity index (χ0) is 16.9. The molecular weight excluding hydrogens is 298 g/mol. The third-order valence-corrected chi connectivity index (χ3v) is 4.37. The van der Waals surface area contributed by atoms with Crippen LogP contribution in [0, 0.1) is 13.8 Å². The molecule has 1 aliphatic heterocycles. The molecule has 5 nitrogen and oxygen atoms in total. The van der Waals surface area contributed by atoms with Crippen LogP contribution in [-0.4, -0.2) is 40.3 Å². The minimum absolute atomic E-state index is 0.660. The highest BCUT2D eigenvalue weighted by atomic mass is 15.3. The highest BCUT2D eigenvalue weighted by molar-refractivity contribution is 5.80. The van der Waals surface area contributed by atoms with Crippen LogP contribution in [0.2, 0.25) is 0 Å². The van der Waals surface area contributed by atoms with Crippen molar-refractivity contribution in [3.8, 4) is 5.69 Å². The average Bonchev–Trinajstić information content (AvgIpc) is 3.21. The molecule has 0 amide bonds. The Morgan fingerprint density at radius 2 is 1.96 bits per heavy atom. The molecular formula is C19H27N5. The first kappa shape index (κ1) is 16.6. The Bertz CT molecular complexity index is 710. The van der Waals surface area contributed by atoms with Gasteiger partial charge in [0.15, 0.2) is 5.96 Å². The number of aliphatic imine (C=N–C) groups is 1. The van der Waals surface area contributed by atoms with Crippen LogP contribution >= 0.6 is 0 Å². The SMILES string of the molecule is CCNC(=NCc1ccccc1-n1nc(C)cc1C)N1CCCC1. The standard InChI is InChI=1S/C19H27N5/c1-4-20-19(23-11-7-8-12-23)21-14-17-9-5-6-10-18(17)24-16(3)13-15(2)22-24/h5-6,9-10,13H,4,7-8,11-12,14H2,1-3H3,(H,20,21). The summed E-state index contributed by atoms with van der Waals surface area (Å²) in [6.45, 7) is 10.0. The Kier molecular flexibility index (Phi) is 5.18. The highest BCUT2D eigenvalue weighted by Gasteiger charge is 2.16. The summed E-state index contributed by atoms with van der Waals surface area (Å²) in [5.74, 6) is 1.03. The fraction of sp³-hybridized carbons (Fsp3) is 0.474. The lowest BCUT2D eigenvalue weighted by Gasteiger charge is -2.21. The van der Waals surface area contributed by atoms with Crippen LogP contribution in [0.4, 0.5) is 0 Å². The summed E-state index contributed by atoms with van der Waals surface area (Å²) in [5.41, 5.74) is 4.49. The van der Waals surface area contributed by atoms with Gasteiger partial charge in [0, 0.05) is 25.3 Å². The van der Waals surface area contributed by atoms with Crippen molar-refractivity contribution < 1.29 is 0 Å². The minimum atomic E-state index is 0.660. The van der Waals surface area contributed by atoms with E-state index in [-0.39, 0.29) is 0 Å². The molecule has 1 aromatic carbocycles. The summed E-state index contributed by atoms with van der Waals surface area (Å²) in [7, 11) is 0. The number of aryl methyl sites for hydroxylation is 2. The molecule has 2 aromatic rings. The van der Waals surface area contributed by atoms with Gasteiger partial charge in [-0.25, -0.2) is 9.67 Å². The van der Waals surface area contributed by atoms with E-state index in [1.165, 1.54) is 18.4 Å². The molecule has 0 aliphatic carbocycles. The fourth-order valence-corrected chi connectivity index (χ4v) is 3.24. The predicted octanol–water partition coefficient (Wildman–Crippen LogP) is 3.05. The molecule has 2 heterocycles. The molecule has 0 spiro atoms. The molecule has 1 N–H and O–H groups in total. The van der Waals surface area contributed by atoms with E-state index in [4.69, 9.17) is 4.99 Å². The number of nitrogens with zero attached hydrogens (tertiary/aromatic N) is 4. The summed E-state index contributed by atoms with van der Waals surface area (Å²) >= 11 is 0. The molecule has 1 aliphatic rings. The molecule has 24 heavy (non-hydrogen) atoms. The maximum atomic E-state index is 4.88. The number of aromatic nitrogens is 2. The van der Waals surface area contributed by atoms with Gasteiger partial charge >= 0.3 is 0 Å². The lowest BCUT2D eigenvalue weighted by atomic mass is 10.2. The van der Waals surface area contributed by atoms with Crippen molar-refractivity contribution >= 4 is 5.96 Å². The van der Waals surface area contributed by atoms with E-state index in [0.29, 0.717) is 6.54 Å². The van der Waals surface area contributed by atoms with E-state index in [2.05, 4.69) is 59.5 Å². The average molecular weight is 325 g/mol. The van der Waals surface area contributed by atoms with Gasteiger partial charge in [-0.05, 0) is 51.3 Å². The molecule has 0 bridgehead atoms. The maximum absolute atomic E-state index is 4.88. The number of guanidine groups is 1. The smallest absolute Gasteiger partial charge is 0.194 e. The van der Waals surface area contributed by atoms with E-state index < -0.39 is 0 Å². The van der Waals surface area contributed by atoms with Crippen LogP contribution < -0.4 is 5.32 Å². The molecule has 0 radical (unpaired) electrons. The molecule has 0 saturated carbocycles. The summed E-state index contributed by atoms with van der Waals surface area (Å²) in [4.78, 5) is 7.24. The minimum Gasteiger partial charge on any atom is -0.357 e. The normalized spacial score (nSPS) is 15.1. The summed E-state index contributed by atoms with van der Waals surface area (Å²) in [6.07, 6.45) is 2.51. The molecule has 1 aromatic heterocycles. The monoisotopic (exact) mass is 325 g/mol. The molecule has 1 fully saturated rings. The van der Waals surface area contributed by atoms with E-state index >= 15 is 0 Å². The van der Waals surface area contributed by atoms with E-state index in [1.807, 2.05) is 11.6 Å². The topological polar surface area (TPSA) is 45.5 Å². The van der Waals surface area contributed by atoms with Crippen LogP contribution in [0.15, 0.2) is 35.3 Å². The second-order valence-electron chi connectivity index (χ2n) is 6.33. The Balaban J connectivity index is 1.87. The Hall–Kier alpha value is -2.30. The summed E-state index contributed by atoms with van der Waals surface area (Å²) < 4.78 is 2.02. The van der Waals surface area contributed by atoms with E-state index in [1.54, 1.807) is 0 Å². The van der Waals surface area contributed by atoms with Crippen LogP contribution in [0.5, 0.6) is 0 Å². The van der Waals surface area contributed by atoms with Crippen molar-refractivity contribution in [1.29, 1.82) is 0 Å². The van der Waals surface area contributed by atoms with Gasteiger partial charge in [0.1, 0.15) is 0 Å².